The first-order valence-corrected chi connectivity index (χ1v) is 19.3. The minimum atomic E-state index is -3.18. The van der Waals surface area contributed by atoms with Gasteiger partial charge in [0.2, 0.25) is 0 Å². The van der Waals surface area contributed by atoms with Crippen LogP contribution in [-0.2, 0) is 0 Å². The SMILES string of the molecule is CC(C)c1cc(O)c2c(c1)-c1c3c4c(cccc4c4cccc(c14)C2=O)O[B-]1(Oc2cccc4c2c(c2c5c(cccc54)C(=O)c4c(O)cc(C(C)C)cc4-2)O1)O3. The van der Waals surface area contributed by atoms with Crippen LogP contribution < -0.4 is 18.6 Å². The molecule has 0 radical (unpaired) electrons. The summed E-state index contributed by atoms with van der Waals surface area (Å²) in [5, 5.41) is 29.1. The van der Waals surface area contributed by atoms with Crippen LogP contribution >= 0.6 is 0 Å². The molecule has 8 nitrogen and oxygen atoms in total. The summed E-state index contributed by atoms with van der Waals surface area (Å²) in [5.74, 6) is 1.11. The number of ketones is 2. The van der Waals surface area contributed by atoms with Crippen molar-refractivity contribution in [2.45, 2.75) is 39.5 Å². The number of carbonyl (C=O) groups is 2. The van der Waals surface area contributed by atoms with Crippen LogP contribution in [0.3, 0.4) is 0 Å². The lowest BCUT2D eigenvalue weighted by molar-refractivity contribution is 0.102. The molecule has 2 N–H and O–H groups in total. The van der Waals surface area contributed by atoms with Crippen LogP contribution in [0.4, 0.5) is 0 Å². The van der Waals surface area contributed by atoms with E-state index >= 15 is 0 Å². The average Bonchev–Trinajstić information content (AvgIpc) is 3.19. The molecule has 1 spiro atoms. The van der Waals surface area contributed by atoms with Gasteiger partial charge in [-0.3, -0.25) is 9.59 Å². The zero-order valence-electron chi connectivity index (χ0n) is 31.3. The van der Waals surface area contributed by atoms with Gasteiger partial charge in [0.25, 0.3) is 0 Å². The maximum Gasteiger partial charge on any atom is 0.777 e. The average molecular weight is 748 g/mol. The predicted molar refractivity (Wildman–Crippen MR) is 220 cm³/mol. The number of hydrogen-bond acceptors (Lipinski definition) is 8. The Balaban J connectivity index is 1.17. The van der Waals surface area contributed by atoms with E-state index in [1.54, 1.807) is 24.3 Å². The third-order valence-electron chi connectivity index (χ3n) is 12.3. The second-order valence-corrected chi connectivity index (χ2v) is 16.2. The van der Waals surface area contributed by atoms with Gasteiger partial charge in [0.1, 0.15) is 11.5 Å². The molecule has 2 aliphatic carbocycles. The van der Waals surface area contributed by atoms with Crippen LogP contribution in [0, 0.1) is 0 Å². The normalized spacial score (nSPS) is 15.2. The van der Waals surface area contributed by atoms with E-state index in [1.165, 1.54) is 0 Å². The minimum absolute atomic E-state index is 0.0558. The Hall–Kier alpha value is -7.00. The molecular formula is C48H32BO8-. The number of carbonyl (C=O) groups excluding carboxylic acids is 2. The standard InChI is InChI=1S/C48H32BO8/c1-21(2)23-17-31-39(33(50)19-23)45(52)29-13-5-9-25-27-11-7-15-35-41(27)47(43(31)37(25)29)56-49(54-35)55-36-16-8-12-28-26-10-6-14-30-38(26)44(48(57-49)42(28)36)32-18-24(22(3)4)20-34(51)40(32)46(30)53/h5-22,50-51H,1-4H3/q-1. The van der Waals surface area contributed by atoms with Gasteiger partial charge in [-0.15, -0.1) is 0 Å². The molecule has 0 saturated heterocycles. The molecule has 0 fully saturated rings. The molecule has 12 rings (SSSR count). The summed E-state index contributed by atoms with van der Waals surface area (Å²) in [4.78, 5) is 28.5. The van der Waals surface area contributed by atoms with Crippen LogP contribution in [0.2, 0.25) is 0 Å². The summed E-state index contributed by atoms with van der Waals surface area (Å²) in [7, 11) is 0. The summed E-state index contributed by atoms with van der Waals surface area (Å²) >= 11 is 0. The number of aromatic hydroxyl groups is 2. The molecule has 2 aliphatic heterocycles. The third-order valence-corrected chi connectivity index (χ3v) is 12.3. The Morgan fingerprint density at radius 1 is 0.456 bits per heavy atom. The van der Waals surface area contributed by atoms with Crippen molar-refractivity contribution in [1.82, 2.24) is 0 Å². The fraction of sp³-hybridized carbons (Fsp3) is 0.125. The first kappa shape index (κ1) is 32.3. The molecule has 0 aromatic heterocycles. The quantitative estimate of drug-likeness (QED) is 0.133. The lowest BCUT2D eigenvalue weighted by atomic mass is 9.77. The van der Waals surface area contributed by atoms with Crippen molar-refractivity contribution in [2.24, 2.45) is 0 Å². The Bertz CT molecular complexity index is 3050. The van der Waals surface area contributed by atoms with Crippen molar-refractivity contribution in [3.8, 4) is 56.8 Å². The molecule has 2 heterocycles. The molecular weight excluding hydrogens is 715 g/mol. The zero-order valence-corrected chi connectivity index (χ0v) is 31.3. The van der Waals surface area contributed by atoms with Crippen molar-refractivity contribution >= 4 is 61.6 Å². The zero-order chi connectivity index (χ0) is 38.8. The molecule has 0 atom stereocenters. The van der Waals surface area contributed by atoms with Gasteiger partial charge in [0, 0.05) is 44.2 Å². The van der Waals surface area contributed by atoms with Gasteiger partial charge in [-0.25, -0.2) is 0 Å². The fourth-order valence-corrected chi connectivity index (χ4v) is 9.72. The number of rotatable bonds is 2. The summed E-state index contributed by atoms with van der Waals surface area (Å²) in [6, 6.07) is 30.0. The van der Waals surface area contributed by atoms with Gasteiger partial charge >= 0.3 is 6.96 Å². The molecule has 57 heavy (non-hydrogen) atoms. The lowest BCUT2D eigenvalue weighted by Crippen LogP contribution is -2.62. The predicted octanol–water partition coefficient (Wildman–Crippen LogP) is 11.1. The van der Waals surface area contributed by atoms with Crippen molar-refractivity contribution in [1.29, 1.82) is 0 Å². The highest BCUT2D eigenvalue weighted by atomic mass is 16.9. The molecule has 9 heteroatoms. The van der Waals surface area contributed by atoms with Crippen molar-refractivity contribution in [2.75, 3.05) is 0 Å². The molecule has 0 amide bonds. The largest absolute Gasteiger partial charge is 0.777 e. The van der Waals surface area contributed by atoms with E-state index in [9.17, 15) is 19.8 Å². The maximum atomic E-state index is 14.3. The summed E-state index contributed by atoms with van der Waals surface area (Å²) in [5.41, 5.74) is 5.43. The van der Waals surface area contributed by atoms with E-state index in [0.29, 0.717) is 77.9 Å². The number of phenolic OH excluding ortho intramolecular Hbond substituents is 2. The van der Waals surface area contributed by atoms with Crippen molar-refractivity contribution < 1.29 is 38.4 Å². The number of phenols is 2. The van der Waals surface area contributed by atoms with Crippen LogP contribution in [0.1, 0.15) is 82.5 Å². The highest BCUT2D eigenvalue weighted by molar-refractivity contribution is 6.60. The van der Waals surface area contributed by atoms with Gasteiger partial charge < -0.3 is 28.8 Å². The molecule has 8 aromatic carbocycles. The molecule has 0 bridgehead atoms. The van der Waals surface area contributed by atoms with Crippen LogP contribution in [0.25, 0.3) is 65.3 Å². The summed E-state index contributed by atoms with van der Waals surface area (Å²) < 4.78 is 27.9. The van der Waals surface area contributed by atoms with E-state index in [4.69, 9.17) is 18.6 Å². The second kappa shape index (κ2) is 10.6. The maximum absolute atomic E-state index is 14.3. The van der Waals surface area contributed by atoms with E-state index in [-0.39, 0.29) is 46.0 Å². The number of hydrogen-bond donors (Lipinski definition) is 2. The molecule has 0 unspecified atom stereocenters. The fourth-order valence-electron chi connectivity index (χ4n) is 9.72. The van der Waals surface area contributed by atoms with Gasteiger partial charge in [-0.05, 0) is 80.9 Å². The topological polar surface area (TPSA) is 112 Å². The highest BCUT2D eigenvalue weighted by Crippen LogP contribution is 2.59. The molecule has 276 valence electrons. The molecule has 4 aliphatic rings. The summed E-state index contributed by atoms with van der Waals surface area (Å²) in [6.07, 6.45) is 0. The van der Waals surface area contributed by atoms with E-state index in [2.05, 4.69) is 0 Å². The summed E-state index contributed by atoms with van der Waals surface area (Å²) in [6.45, 7) is 4.98. The van der Waals surface area contributed by atoms with Gasteiger partial charge in [0.05, 0.1) is 44.9 Å². The van der Waals surface area contributed by atoms with E-state index < -0.39 is 6.96 Å². The van der Waals surface area contributed by atoms with Crippen molar-refractivity contribution in [3.63, 3.8) is 0 Å². The first-order valence-electron chi connectivity index (χ1n) is 19.3. The molecule has 0 saturated carbocycles. The van der Waals surface area contributed by atoms with Gasteiger partial charge in [-0.1, -0.05) is 88.4 Å². The van der Waals surface area contributed by atoms with E-state index in [1.807, 2.05) is 100 Å². The smallest absolute Gasteiger partial charge is 0.611 e. The second-order valence-electron chi connectivity index (χ2n) is 16.2. The van der Waals surface area contributed by atoms with Crippen LogP contribution in [0.5, 0.6) is 34.5 Å². The first-order chi connectivity index (χ1) is 27.5. The monoisotopic (exact) mass is 747 g/mol. The lowest BCUT2D eigenvalue weighted by Gasteiger charge is -2.48. The van der Waals surface area contributed by atoms with Gasteiger partial charge in [-0.2, -0.15) is 0 Å². The van der Waals surface area contributed by atoms with Gasteiger partial charge in [0.15, 0.2) is 11.6 Å². The Labute approximate surface area is 325 Å². The van der Waals surface area contributed by atoms with Crippen LogP contribution in [-0.4, -0.2) is 28.7 Å². The van der Waals surface area contributed by atoms with Crippen molar-refractivity contribution in [3.05, 3.63) is 130 Å². The highest BCUT2D eigenvalue weighted by Gasteiger charge is 2.51. The number of fused-ring (bicyclic) bond motifs is 8. The third kappa shape index (κ3) is 3.98. The molecule has 8 aromatic rings. The van der Waals surface area contributed by atoms with E-state index in [0.717, 1.165) is 32.7 Å². The van der Waals surface area contributed by atoms with Crippen LogP contribution in [0.15, 0.2) is 97.1 Å². The Morgan fingerprint density at radius 2 is 0.842 bits per heavy atom. The Kier molecular flexibility index (Phi) is 6.03. The minimum Gasteiger partial charge on any atom is -0.611 e. The Morgan fingerprint density at radius 3 is 1.25 bits per heavy atom. The number of benzene rings is 8.